The number of carbonyl (C=O) groups is 1. The molecule has 0 radical (unpaired) electrons. The van der Waals surface area contributed by atoms with E-state index in [-0.39, 0.29) is 5.63 Å². The highest BCUT2D eigenvalue weighted by atomic mass is 33.1. The molecule has 1 aromatic carbocycles. The smallest absolute Gasteiger partial charge is 0.375 e. The predicted octanol–water partition coefficient (Wildman–Crippen LogP) is 3.04. The molecule has 0 unspecified atom stereocenters. The van der Waals surface area contributed by atoms with Crippen molar-refractivity contribution in [1.29, 1.82) is 0 Å². The van der Waals surface area contributed by atoms with Crippen molar-refractivity contribution in [2.75, 3.05) is 0 Å². The van der Waals surface area contributed by atoms with Crippen molar-refractivity contribution in [2.45, 2.75) is 0 Å². The fraction of sp³-hybridized carbons (Fsp3) is 0. The highest BCUT2D eigenvalue weighted by molar-refractivity contribution is 8.74. The molecule has 1 aromatic heterocycles. The molecule has 4 nitrogen and oxygen atoms in total. The normalized spacial score (nSPS) is 9.31. The van der Waals surface area contributed by atoms with Crippen LogP contribution in [0.5, 0.6) is 0 Å². The Bertz CT molecular complexity index is 535. The molecule has 0 aliphatic carbocycles. The molecule has 1 heterocycles. The van der Waals surface area contributed by atoms with Crippen molar-refractivity contribution >= 4 is 38.7 Å². The number of thiol groups is 1. The van der Waals surface area contributed by atoms with Crippen molar-refractivity contribution in [3.05, 3.63) is 46.8 Å². The van der Waals surface area contributed by atoms with Gasteiger partial charge in [0.1, 0.15) is 5.58 Å². The fourth-order valence-electron chi connectivity index (χ4n) is 1.01. The molecule has 16 heavy (non-hydrogen) atoms. The monoisotopic (exact) mass is 256 g/mol. The summed E-state index contributed by atoms with van der Waals surface area (Å²) in [6.07, 6.45) is 0. The predicted molar refractivity (Wildman–Crippen MR) is 67.1 cm³/mol. The second kappa shape index (κ2) is 6.24. The summed E-state index contributed by atoms with van der Waals surface area (Å²) in [5.74, 6) is 0. The van der Waals surface area contributed by atoms with Gasteiger partial charge in [0.2, 0.25) is 0 Å². The van der Waals surface area contributed by atoms with Gasteiger partial charge in [-0.15, -0.1) is 0 Å². The van der Waals surface area contributed by atoms with Gasteiger partial charge in [-0.1, -0.05) is 29.9 Å². The molecule has 0 fully saturated rings. The molecular weight excluding hydrogens is 248 g/mol. The summed E-state index contributed by atoms with van der Waals surface area (Å²) in [6.45, 7) is 0. The van der Waals surface area contributed by atoms with E-state index < -0.39 is 5.30 Å². The first-order chi connectivity index (χ1) is 7.63. The van der Waals surface area contributed by atoms with Gasteiger partial charge in [0.15, 0.2) is 0 Å². The van der Waals surface area contributed by atoms with E-state index in [0.29, 0.717) is 16.4 Å². The lowest BCUT2D eigenvalue weighted by Crippen LogP contribution is -1.93. The van der Waals surface area contributed by atoms with Crippen molar-refractivity contribution < 1.29 is 14.3 Å². The SMILES string of the molecule is O=C(O)SS.O=c1ccc2ccccc2o1. The van der Waals surface area contributed by atoms with Crippen LogP contribution in [0.2, 0.25) is 0 Å². The zero-order valence-corrected chi connectivity index (χ0v) is 9.70. The van der Waals surface area contributed by atoms with E-state index in [4.69, 9.17) is 9.52 Å². The fourth-order valence-corrected chi connectivity index (χ4v) is 1.01. The van der Waals surface area contributed by atoms with Crippen molar-refractivity contribution in [3.8, 4) is 0 Å². The van der Waals surface area contributed by atoms with Crippen LogP contribution in [0.25, 0.3) is 11.0 Å². The van der Waals surface area contributed by atoms with E-state index in [1.54, 1.807) is 12.1 Å². The Labute approximate surface area is 100 Å². The Kier molecular flexibility index (Phi) is 4.94. The number of fused-ring (bicyclic) bond motifs is 1. The minimum atomic E-state index is -0.965. The average Bonchev–Trinajstić information content (AvgIpc) is 2.29. The van der Waals surface area contributed by atoms with Gasteiger partial charge >= 0.3 is 10.9 Å². The maximum Gasteiger partial charge on any atom is 0.375 e. The number of hydrogen-bond acceptors (Lipinski definition) is 5. The number of rotatable bonds is 0. The summed E-state index contributed by atoms with van der Waals surface area (Å²) in [6, 6.07) is 10.6. The van der Waals surface area contributed by atoms with Gasteiger partial charge in [-0.05, 0) is 12.1 Å². The third kappa shape index (κ3) is 4.00. The van der Waals surface area contributed by atoms with Crippen LogP contribution in [0.3, 0.4) is 0 Å². The molecule has 6 heteroatoms. The van der Waals surface area contributed by atoms with Gasteiger partial charge in [0.25, 0.3) is 0 Å². The third-order valence-electron chi connectivity index (χ3n) is 1.61. The molecule has 84 valence electrons. The lowest BCUT2D eigenvalue weighted by Gasteiger charge is -1.91. The molecule has 0 atom stereocenters. The van der Waals surface area contributed by atoms with Gasteiger partial charge in [-0.25, -0.2) is 9.59 Å². The van der Waals surface area contributed by atoms with Crippen molar-refractivity contribution in [3.63, 3.8) is 0 Å². The van der Waals surface area contributed by atoms with Crippen LogP contribution in [0.1, 0.15) is 0 Å². The first kappa shape index (κ1) is 12.7. The Morgan fingerprint density at radius 1 is 1.25 bits per heavy atom. The van der Waals surface area contributed by atoms with Crippen LogP contribution in [0.4, 0.5) is 4.79 Å². The first-order valence-corrected chi connectivity index (χ1v) is 6.03. The number of benzene rings is 1. The standard InChI is InChI=1S/C9H6O2.CH2O2S2/c10-9-6-5-7-3-1-2-4-8(7)11-9;2-1(3)5-4/h1-6H;4H,(H,2,3). The molecule has 0 saturated carbocycles. The summed E-state index contributed by atoms with van der Waals surface area (Å²) >= 11 is 3.33. The molecule has 2 rings (SSSR count). The topological polar surface area (TPSA) is 67.5 Å². The summed E-state index contributed by atoms with van der Waals surface area (Å²) < 4.78 is 4.91. The summed E-state index contributed by atoms with van der Waals surface area (Å²) in [4.78, 5) is 20.0. The van der Waals surface area contributed by atoms with Crippen LogP contribution in [0, 0.1) is 0 Å². The van der Waals surface area contributed by atoms with Gasteiger partial charge in [0.05, 0.1) is 0 Å². The van der Waals surface area contributed by atoms with E-state index >= 15 is 0 Å². The number of hydrogen-bond donors (Lipinski definition) is 2. The van der Waals surface area contributed by atoms with Crippen molar-refractivity contribution in [1.82, 2.24) is 0 Å². The number of carboxylic acid groups (broad SMARTS) is 1. The van der Waals surface area contributed by atoms with Crippen LogP contribution >= 0.6 is 22.5 Å². The molecule has 1 N–H and O–H groups in total. The molecule has 0 saturated heterocycles. The minimum absolute atomic E-state index is 0.302. The van der Waals surface area contributed by atoms with E-state index in [0.717, 1.165) is 5.39 Å². The van der Waals surface area contributed by atoms with E-state index in [1.165, 1.54) is 6.07 Å². The maximum atomic E-state index is 10.7. The Morgan fingerprint density at radius 2 is 1.88 bits per heavy atom. The highest BCUT2D eigenvalue weighted by Crippen LogP contribution is 2.08. The van der Waals surface area contributed by atoms with Crippen LogP contribution in [0.15, 0.2) is 45.6 Å². The van der Waals surface area contributed by atoms with Crippen molar-refractivity contribution in [2.24, 2.45) is 0 Å². The molecule has 0 spiro atoms. The quantitative estimate of drug-likeness (QED) is 0.431. The molecule has 0 bridgehead atoms. The third-order valence-corrected chi connectivity index (χ3v) is 2.23. The minimum Gasteiger partial charge on any atom is -0.473 e. The van der Waals surface area contributed by atoms with E-state index in [2.05, 4.69) is 11.7 Å². The van der Waals surface area contributed by atoms with Gasteiger partial charge in [-0.3, -0.25) is 0 Å². The van der Waals surface area contributed by atoms with E-state index in [9.17, 15) is 9.59 Å². The second-order valence-corrected chi connectivity index (χ2v) is 3.73. The first-order valence-electron chi connectivity index (χ1n) is 4.16. The second-order valence-electron chi connectivity index (χ2n) is 2.65. The number of para-hydroxylation sites is 1. The lowest BCUT2D eigenvalue weighted by atomic mass is 10.2. The zero-order valence-electron chi connectivity index (χ0n) is 7.99. The summed E-state index contributed by atoms with van der Waals surface area (Å²) in [5, 5.41) is 7.60. The molecule has 0 aliphatic heterocycles. The highest BCUT2D eigenvalue weighted by Gasteiger charge is 1.92. The molecule has 0 aliphatic rings. The van der Waals surface area contributed by atoms with Gasteiger partial charge in [-0.2, -0.15) is 0 Å². The zero-order chi connectivity index (χ0) is 12.0. The van der Waals surface area contributed by atoms with Gasteiger partial charge in [0, 0.05) is 22.2 Å². The van der Waals surface area contributed by atoms with Gasteiger partial charge < -0.3 is 9.52 Å². The molecular formula is C10H8O4S2. The lowest BCUT2D eigenvalue weighted by molar-refractivity contribution is 0.222. The average molecular weight is 256 g/mol. The van der Waals surface area contributed by atoms with Crippen LogP contribution < -0.4 is 5.63 Å². The van der Waals surface area contributed by atoms with E-state index in [1.807, 2.05) is 18.2 Å². The Balaban J connectivity index is 0.000000221. The Hall–Kier alpha value is -1.40. The summed E-state index contributed by atoms with van der Waals surface area (Å²) in [5.41, 5.74) is 0.337. The molecule has 2 aromatic rings. The summed E-state index contributed by atoms with van der Waals surface area (Å²) in [7, 11) is 0.491. The van der Waals surface area contributed by atoms with Crippen LogP contribution in [-0.2, 0) is 0 Å². The molecule has 0 amide bonds. The Morgan fingerprint density at radius 3 is 2.50 bits per heavy atom. The largest absolute Gasteiger partial charge is 0.473 e. The van der Waals surface area contributed by atoms with Crippen LogP contribution in [-0.4, -0.2) is 10.4 Å². The maximum absolute atomic E-state index is 10.7.